The second-order valence-corrected chi connectivity index (χ2v) is 6.51. The van der Waals surface area contributed by atoms with Crippen LogP contribution in [0.2, 0.25) is 0 Å². The predicted octanol–water partition coefficient (Wildman–Crippen LogP) is 3.41. The maximum absolute atomic E-state index is 12.2. The molecule has 0 radical (unpaired) electrons. The van der Waals surface area contributed by atoms with E-state index in [9.17, 15) is 18.3 Å². The maximum Gasteiger partial charge on any atom is 0.389 e. The lowest BCUT2D eigenvalue weighted by Gasteiger charge is -2.16. The fourth-order valence-electron chi connectivity index (χ4n) is 3.32. The summed E-state index contributed by atoms with van der Waals surface area (Å²) in [6.45, 7) is 1.43. The molecule has 1 aliphatic heterocycles. The third kappa shape index (κ3) is 4.45. The number of para-hydroxylation sites is 1. The van der Waals surface area contributed by atoms with Gasteiger partial charge in [0.2, 0.25) is 0 Å². The first-order valence-electron chi connectivity index (χ1n) is 8.22. The molecule has 2 aromatic rings. The van der Waals surface area contributed by atoms with Gasteiger partial charge in [-0.1, -0.05) is 24.3 Å². The lowest BCUT2D eigenvalue weighted by molar-refractivity contribution is -0.136. The molecule has 0 saturated carbocycles. The van der Waals surface area contributed by atoms with Gasteiger partial charge in [0.25, 0.3) is 0 Å². The third-order valence-electron chi connectivity index (χ3n) is 4.54. The lowest BCUT2D eigenvalue weighted by Crippen LogP contribution is -2.24. The first-order chi connectivity index (χ1) is 11.4. The maximum atomic E-state index is 12.2. The summed E-state index contributed by atoms with van der Waals surface area (Å²) in [6, 6.07) is 11.8. The molecular weight excluding hydrogens is 317 g/mol. The standard InChI is InChI=1S/C18H21F3N2O/c19-18(20,21)8-3-9-23-11-14(17(24)12-23)10-15-7-6-13-4-1-2-5-16(13)22-15/h1-2,4-7,14,17,24H,3,8-12H2/t14-,17-/m1/s1. The number of benzene rings is 1. The lowest BCUT2D eigenvalue weighted by atomic mass is 9.99. The summed E-state index contributed by atoms with van der Waals surface area (Å²) >= 11 is 0. The number of nitrogens with zero attached hydrogens (tertiary/aromatic N) is 2. The summed E-state index contributed by atoms with van der Waals surface area (Å²) in [5.74, 6) is 0.0181. The number of aromatic nitrogens is 1. The molecule has 1 fully saturated rings. The Morgan fingerprint density at radius 2 is 1.92 bits per heavy atom. The van der Waals surface area contributed by atoms with Crippen LogP contribution in [0.1, 0.15) is 18.5 Å². The van der Waals surface area contributed by atoms with E-state index in [1.807, 2.05) is 41.3 Å². The van der Waals surface area contributed by atoms with Crippen molar-refractivity contribution in [3.05, 3.63) is 42.1 Å². The summed E-state index contributed by atoms with van der Waals surface area (Å²) in [6.07, 6.45) is -4.66. The van der Waals surface area contributed by atoms with Gasteiger partial charge in [0.15, 0.2) is 0 Å². The van der Waals surface area contributed by atoms with Crippen molar-refractivity contribution in [3.8, 4) is 0 Å². The van der Waals surface area contributed by atoms with Crippen molar-refractivity contribution in [1.29, 1.82) is 0 Å². The zero-order valence-corrected chi connectivity index (χ0v) is 13.3. The van der Waals surface area contributed by atoms with E-state index >= 15 is 0 Å². The van der Waals surface area contributed by atoms with Crippen LogP contribution in [-0.4, -0.2) is 46.9 Å². The number of likely N-dealkylation sites (tertiary alicyclic amines) is 1. The highest BCUT2D eigenvalue weighted by Gasteiger charge is 2.32. The number of β-amino-alcohol motifs (C(OH)–C–C–N with tert-alkyl or cyclic N) is 1. The second kappa shape index (κ2) is 7.07. The van der Waals surface area contributed by atoms with Crippen LogP contribution < -0.4 is 0 Å². The van der Waals surface area contributed by atoms with Gasteiger partial charge >= 0.3 is 6.18 Å². The molecule has 24 heavy (non-hydrogen) atoms. The molecule has 6 heteroatoms. The summed E-state index contributed by atoms with van der Waals surface area (Å²) < 4.78 is 36.7. The van der Waals surface area contributed by atoms with Crippen LogP contribution in [0.3, 0.4) is 0 Å². The Morgan fingerprint density at radius 3 is 2.71 bits per heavy atom. The van der Waals surface area contributed by atoms with Crippen molar-refractivity contribution in [2.75, 3.05) is 19.6 Å². The molecule has 0 bridgehead atoms. The number of aliphatic hydroxyl groups excluding tert-OH is 1. The second-order valence-electron chi connectivity index (χ2n) is 6.51. The molecule has 0 spiro atoms. The number of halogens is 3. The molecule has 1 aromatic carbocycles. The van der Waals surface area contributed by atoms with Gasteiger partial charge in [0.05, 0.1) is 11.6 Å². The van der Waals surface area contributed by atoms with E-state index in [0.29, 0.717) is 26.1 Å². The zero-order valence-electron chi connectivity index (χ0n) is 13.3. The van der Waals surface area contributed by atoms with Gasteiger partial charge in [-0.3, -0.25) is 4.98 Å². The topological polar surface area (TPSA) is 36.4 Å². The molecule has 2 atom stereocenters. The highest BCUT2D eigenvalue weighted by atomic mass is 19.4. The molecule has 0 aliphatic carbocycles. The van der Waals surface area contributed by atoms with Gasteiger partial charge in [-0.05, 0) is 31.5 Å². The minimum atomic E-state index is -4.10. The van der Waals surface area contributed by atoms with Crippen molar-refractivity contribution >= 4 is 10.9 Å². The van der Waals surface area contributed by atoms with Crippen LogP contribution in [0.4, 0.5) is 13.2 Å². The Bertz CT molecular complexity index is 689. The first-order valence-corrected chi connectivity index (χ1v) is 8.22. The number of alkyl halides is 3. The zero-order chi connectivity index (χ0) is 17.2. The summed E-state index contributed by atoms with van der Waals surface area (Å²) in [7, 11) is 0. The molecule has 1 aliphatic rings. The largest absolute Gasteiger partial charge is 0.391 e. The number of fused-ring (bicyclic) bond motifs is 1. The number of aliphatic hydroxyl groups is 1. The van der Waals surface area contributed by atoms with Crippen molar-refractivity contribution in [2.24, 2.45) is 5.92 Å². The van der Waals surface area contributed by atoms with E-state index in [0.717, 1.165) is 16.6 Å². The molecule has 0 unspecified atom stereocenters. The van der Waals surface area contributed by atoms with E-state index in [4.69, 9.17) is 0 Å². The van der Waals surface area contributed by atoms with Crippen LogP contribution in [-0.2, 0) is 6.42 Å². The molecule has 0 amide bonds. The molecule has 1 N–H and O–H groups in total. The quantitative estimate of drug-likeness (QED) is 0.908. The third-order valence-corrected chi connectivity index (χ3v) is 4.54. The van der Waals surface area contributed by atoms with E-state index in [1.54, 1.807) is 0 Å². The fraction of sp³-hybridized carbons (Fsp3) is 0.500. The Kier molecular flexibility index (Phi) is 5.06. The summed E-state index contributed by atoms with van der Waals surface area (Å²) in [5, 5.41) is 11.3. The average Bonchev–Trinajstić information content (AvgIpc) is 2.86. The Balaban J connectivity index is 1.56. The Hall–Kier alpha value is -1.66. The SMILES string of the molecule is O[C@@H]1CN(CCCC(F)(F)F)C[C@H]1Cc1ccc2ccccc2n1. The van der Waals surface area contributed by atoms with Crippen LogP contribution in [0.5, 0.6) is 0 Å². The van der Waals surface area contributed by atoms with E-state index in [2.05, 4.69) is 4.98 Å². The van der Waals surface area contributed by atoms with Gasteiger partial charge in [0, 0.05) is 36.5 Å². The number of hydrogen-bond acceptors (Lipinski definition) is 3. The van der Waals surface area contributed by atoms with Gasteiger partial charge in [0.1, 0.15) is 0 Å². The van der Waals surface area contributed by atoms with E-state index < -0.39 is 18.7 Å². The van der Waals surface area contributed by atoms with Gasteiger partial charge in [-0.25, -0.2) is 0 Å². The minimum absolute atomic E-state index is 0.0181. The van der Waals surface area contributed by atoms with E-state index in [1.165, 1.54) is 0 Å². The van der Waals surface area contributed by atoms with Gasteiger partial charge < -0.3 is 10.0 Å². The highest BCUT2D eigenvalue weighted by Crippen LogP contribution is 2.25. The number of pyridine rings is 1. The minimum Gasteiger partial charge on any atom is -0.391 e. The molecule has 3 nitrogen and oxygen atoms in total. The van der Waals surface area contributed by atoms with Crippen molar-refractivity contribution < 1.29 is 18.3 Å². The molecule has 1 aromatic heterocycles. The smallest absolute Gasteiger partial charge is 0.389 e. The van der Waals surface area contributed by atoms with E-state index in [-0.39, 0.29) is 12.3 Å². The van der Waals surface area contributed by atoms with Gasteiger partial charge in [-0.2, -0.15) is 13.2 Å². The fourth-order valence-corrected chi connectivity index (χ4v) is 3.32. The van der Waals surface area contributed by atoms with Crippen LogP contribution >= 0.6 is 0 Å². The average molecular weight is 338 g/mol. The molecule has 1 saturated heterocycles. The summed E-state index contributed by atoms with van der Waals surface area (Å²) in [4.78, 5) is 6.53. The molecule has 3 rings (SSSR count). The van der Waals surface area contributed by atoms with Crippen LogP contribution in [0.15, 0.2) is 36.4 Å². The van der Waals surface area contributed by atoms with Crippen molar-refractivity contribution in [3.63, 3.8) is 0 Å². The molecule has 2 heterocycles. The van der Waals surface area contributed by atoms with Crippen molar-refractivity contribution in [1.82, 2.24) is 9.88 Å². The predicted molar refractivity (Wildman–Crippen MR) is 86.7 cm³/mol. The van der Waals surface area contributed by atoms with Crippen LogP contribution in [0.25, 0.3) is 10.9 Å². The highest BCUT2D eigenvalue weighted by molar-refractivity contribution is 5.78. The van der Waals surface area contributed by atoms with Crippen LogP contribution in [0, 0.1) is 5.92 Å². The first kappa shape index (κ1) is 17.2. The molecular formula is C18H21F3N2O. The number of rotatable bonds is 5. The number of hydrogen-bond donors (Lipinski definition) is 1. The van der Waals surface area contributed by atoms with Gasteiger partial charge in [-0.15, -0.1) is 0 Å². The molecule has 130 valence electrons. The Morgan fingerprint density at radius 1 is 1.12 bits per heavy atom. The summed E-state index contributed by atoms with van der Waals surface area (Å²) in [5.41, 5.74) is 1.83. The Labute approximate surface area is 139 Å². The monoisotopic (exact) mass is 338 g/mol. The van der Waals surface area contributed by atoms with Crippen molar-refractivity contribution in [2.45, 2.75) is 31.5 Å². The normalized spacial score (nSPS) is 22.3.